The van der Waals surface area contributed by atoms with E-state index in [1.165, 1.54) is 19.4 Å². The number of aliphatic hydroxyl groups is 1. The van der Waals surface area contributed by atoms with E-state index in [9.17, 15) is 5.11 Å². The van der Waals surface area contributed by atoms with Crippen LogP contribution >= 0.6 is 0 Å². The number of rotatable bonds is 5. The number of hydrogen-bond acceptors (Lipinski definition) is 3. The number of piperidine rings is 1. The second-order valence-electron chi connectivity index (χ2n) is 4.27. The van der Waals surface area contributed by atoms with E-state index in [1.54, 1.807) is 0 Å². The van der Waals surface area contributed by atoms with E-state index in [-0.39, 0.29) is 6.10 Å². The maximum atomic E-state index is 9.25. The first kappa shape index (κ1) is 12.0. The fraction of sp³-hybridized carbons (Fsp3) is 1.00. The third kappa shape index (κ3) is 3.95. The highest BCUT2D eigenvalue weighted by atomic mass is 16.3. The summed E-state index contributed by atoms with van der Waals surface area (Å²) in [6.07, 6.45) is 3.32. The van der Waals surface area contributed by atoms with Crippen LogP contribution in [0.5, 0.6) is 0 Å². The zero-order valence-electron chi connectivity index (χ0n) is 9.50. The number of likely N-dealkylation sites (N-methyl/N-ethyl adjacent to an activating group) is 1. The van der Waals surface area contributed by atoms with Crippen molar-refractivity contribution in [1.29, 1.82) is 0 Å². The molecule has 0 aromatic heterocycles. The molecule has 0 amide bonds. The zero-order chi connectivity index (χ0) is 10.4. The van der Waals surface area contributed by atoms with Gasteiger partial charge in [0.15, 0.2) is 0 Å². The average Bonchev–Trinajstić information content (AvgIpc) is 2.20. The highest BCUT2D eigenvalue weighted by molar-refractivity contribution is 4.78. The van der Waals surface area contributed by atoms with Gasteiger partial charge in [-0.25, -0.2) is 0 Å². The van der Waals surface area contributed by atoms with Gasteiger partial charge in [-0.05, 0) is 39.3 Å². The van der Waals surface area contributed by atoms with Gasteiger partial charge in [0.1, 0.15) is 0 Å². The molecule has 0 radical (unpaired) electrons. The molecule has 1 saturated heterocycles. The SMILES string of the molecule is CCN(CCC(C)O)C1CCCNC1. The van der Waals surface area contributed by atoms with Crippen LogP contribution in [0.1, 0.15) is 33.1 Å². The van der Waals surface area contributed by atoms with Crippen LogP contribution in [0.4, 0.5) is 0 Å². The molecule has 2 N–H and O–H groups in total. The lowest BCUT2D eigenvalue weighted by Crippen LogP contribution is -2.46. The summed E-state index contributed by atoms with van der Waals surface area (Å²) in [5, 5.41) is 12.7. The Labute approximate surface area is 87.5 Å². The fourth-order valence-electron chi connectivity index (χ4n) is 2.10. The van der Waals surface area contributed by atoms with Crippen LogP contribution in [0, 0.1) is 0 Å². The number of nitrogens with zero attached hydrogens (tertiary/aromatic N) is 1. The first-order valence-corrected chi connectivity index (χ1v) is 5.87. The topological polar surface area (TPSA) is 35.5 Å². The summed E-state index contributed by atoms with van der Waals surface area (Å²) in [7, 11) is 0. The molecule has 3 heteroatoms. The summed E-state index contributed by atoms with van der Waals surface area (Å²) < 4.78 is 0. The van der Waals surface area contributed by atoms with Crippen molar-refractivity contribution < 1.29 is 5.11 Å². The predicted molar refractivity (Wildman–Crippen MR) is 59.4 cm³/mol. The van der Waals surface area contributed by atoms with Crippen LogP contribution in [0.15, 0.2) is 0 Å². The maximum absolute atomic E-state index is 9.25. The minimum absolute atomic E-state index is 0.166. The average molecular weight is 200 g/mol. The summed E-state index contributed by atoms with van der Waals surface area (Å²) in [5.74, 6) is 0. The van der Waals surface area contributed by atoms with Crippen LogP contribution in [-0.2, 0) is 0 Å². The van der Waals surface area contributed by atoms with Gasteiger partial charge in [-0.1, -0.05) is 6.92 Å². The minimum atomic E-state index is -0.166. The van der Waals surface area contributed by atoms with Crippen molar-refractivity contribution in [3.05, 3.63) is 0 Å². The molecule has 0 saturated carbocycles. The second kappa shape index (κ2) is 6.38. The molecule has 0 bridgehead atoms. The summed E-state index contributed by atoms with van der Waals surface area (Å²) in [5.41, 5.74) is 0. The Kier molecular flexibility index (Phi) is 5.45. The first-order valence-electron chi connectivity index (χ1n) is 5.87. The van der Waals surface area contributed by atoms with E-state index >= 15 is 0 Å². The Morgan fingerprint density at radius 1 is 1.57 bits per heavy atom. The molecule has 0 aliphatic carbocycles. The molecular weight excluding hydrogens is 176 g/mol. The number of nitrogens with one attached hydrogen (secondary N) is 1. The normalized spacial score (nSPS) is 25.3. The molecule has 1 aliphatic heterocycles. The monoisotopic (exact) mass is 200 g/mol. The third-order valence-electron chi connectivity index (χ3n) is 3.03. The molecule has 3 nitrogen and oxygen atoms in total. The maximum Gasteiger partial charge on any atom is 0.0524 e. The molecule has 84 valence electrons. The highest BCUT2D eigenvalue weighted by Gasteiger charge is 2.19. The highest BCUT2D eigenvalue weighted by Crippen LogP contribution is 2.10. The van der Waals surface area contributed by atoms with Gasteiger partial charge in [-0.3, -0.25) is 4.90 Å². The van der Waals surface area contributed by atoms with E-state index in [0.717, 1.165) is 26.1 Å². The molecule has 0 aromatic carbocycles. The standard InChI is InChI=1S/C11H24N2O/c1-3-13(8-6-10(2)14)11-5-4-7-12-9-11/h10-12,14H,3-9H2,1-2H3. The van der Waals surface area contributed by atoms with Gasteiger partial charge in [-0.2, -0.15) is 0 Å². The second-order valence-corrected chi connectivity index (χ2v) is 4.27. The van der Waals surface area contributed by atoms with Gasteiger partial charge < -0.3 is 10.4 Å². The van der Waals surface area contributed by atoms with E-state index in [1.807, 2.05) is 6.92 Å². The smallest absolute Gasteiger partial charge is 0.0524 e. The van der Waals surface area contributed by atoms with Crippen LogP contribution in [-0.4, -0.2) is 48.3 Å². The van der Waals surface area contributed by atoms with Gasteiger partial charge in [0.25, 0.3) is 0 Å². The molecule has 1 heterocycles. The van der Waals surface area contributed by atoms with E-state index in [2.05, 4.69) is 17.1 Å². The summed E-state index contributed by atoms with van der Waals surface area (Å²) >= 11 is 0. The lowest BCUT2D eigenvalue weighted by atomic mass is 10.1. The fourth-order valence-corrected chi connectivity index (χ4v) is 2.10. The molecular formula is C11H24N2O. The van der Waals surface area contributed by atoms with Crippen LogP contribution in [0.3, 0.4) is 0 Å². The Morgan fingerprint density at radius 2 is 2.36 bits per heavy atom. The van der Waals surface area contributed by atoms with Gasteiger partial charge in [0.05, 0.1) is 6.10 Å². The largest absolute Gasteiger partial charge is 0.393 e. The summed E-state index contributed by atoms with van der Waals surface area (Å²) in [6, 6.07) is 0.687. The molecule has 0 aromatic rings. The number of hydrogen-bond donors (Lipinski definition) is 2. The third-order valence-corrected chi connectivity index (χ3v) is 3.03. The van der Waals surface area contributed by atoms with Crippen molar-refractivity contribution in [2.24, 2.45) is 0 Å². The summed E-state index contributed by atoms with van der Waals surface area (Å²) in [4.78, 5) is 2.49. The van der Waals surface area contributed by atoms with Crippen molar-refractivity contribution in [3.8, 4) is 0 Å². The predicted octanol–water partition coefficient (Wildman–Crippen LogP) is 0.831. The van der Waals surface area contributed by atoms with Gasteiger partial charge in [0, 0.05) is 19.1 Å². The van der Waals surface area contributed by atoms with Crippen LogP contribution in [0.25, 0.3) is 0 Å². The summed E-state index contributed by atoms with van der Waals surface area (Å²) in [6.45, 7) is 8.49. The molecule has 1 rings (SSSR count). The quantitative estimate of drug-likeness (QED) is 0.690. The van der Waals surface area contributed by atoms with Crippen molar-refractivity contribution in [2.45, 2.75) is 45.3 Å². The number of aliphatic hydroxyl groups excluding tert-OH is 1. The van der Waals surface area contributed by atoms with Crippen molar-refractivity contribution in [3.63, 3.8) is 0 Å². The molecule has 1 fully saturated rings. The minimum Gasteiger partial charge on any atom is -0.393 e. The van der Waals surface area contributed by atoms with E-state index in [4.69, 9.17) is 0 Å². The van der Waals surface area contributed by atoms with Crippen LogP contribution < -0.4 is 5.32 Å². The Morgan fingerprint density at radius 3 is 2.86 bits per heavy atom. The van der Waals surface area contributed by atoms with Gasteiger partial charge in [-0.15, -0.1) is 0 Å². The van der Waals surface area contributed by atoms with Crippen molar-refractivity contribution >= 4 is 0 Å². The molecule has 0 spiro atoms. The molecule has 14 heavy (non-hydrogen) atoms. The van der Waals surface area contributed by atoms with E-state index in [0.29, 0.717) is 6.04 Å². The molecule has 1 aliphatic rings. The Hall–Kier alpha value is -0.120. The molecule has 2 atom stereocenters. The first-order chi connectivity index (χ1) is 6.74. The van der Waals surface area contributed by atoms with Gasteiger partial charge in [0.2, 0.25) is 0 Å². The zero-order valence-corrected chi connectivity index (χ0v) is 9.50. The lowest BCUT2D eigenvalue weighted by Gasteiger charge is -2.34. The molecule has 2 unspecified atom stereocenters. The van der Waals surface area contributed by atoms with Crippen molar-refractivity contribution in [1.82, 2.24) is 10.2 Å². The van der Waals surface area contributed by atoms with E-state index < -0.39 is 0 Å². The van der Waals surface area contributed by atoms with Crippen molar-refractivity contribution in [2.75, 3.05) is 26.2 Å². The van der Waals surface area contributed by atoms with Gasteiger partial charge >= 0.3 is 0 Å². The Balaban J connectivity index is 2.28. The van der Waals surface area contributed by atoms with Crippen LogP contribution in [0.2, 0.25) is 0 Å². The lowest BCUT2D eigenvalue weighted by molar-refractivity contribution is 0.126. The Bertz CT molecular complexity index is 144.